The van der Waals surface area contributed by atoms with Gasteiger partial charge in [-0.2, -0.15) is 0 Å². The average Bonchev–Trinajstić information content (AvgIpc) is 2.68. The standard InChI is InChI=1S/C18H44O6Si4/c1-25(2,3)21-14(13-19)15-16(22-26(4,5)6)17(23-27(7,8)9)18(20-15)24-28(10,11)12/h14-19H,13H2,1-12H3/t14-,15+,16+,17-,18?/m1/s1. The van der Waals surface area contributed by atoms with Crippen LogP contribution in [0.4, 0.5) is 0 Å². The van der Waals surface area contributed by atoms with Crippen molar-refractivity contribution in [2.45, 2.75) is 109 Å². The summed E-state index contributed by atoms with van der Waals surface area (Å²) in [6.07, 6.45) is -1.98. The Hall–Kier alpha value is 0.628. The fraction of sp³-hybridized carbons (Fsp3) is 1.00. The zero-order valence-corrected chi connectivity index (χ0v) is 24.1. The van der Waals surface area contributed by atoms with E-state index < -0.39 is 51.8 Å². The van der Waals surface area contributed by atoms with Crippen molar-refractivity contribution in [3.05, 3.63) is 0 Å². The Balaban J connectivity index is 3.30. The van der Waals surface area contributed by atoms with E-state index >= 15 is 0 Å². The Morgan fingerprint density at radius 1 is 0.679 bits per heavy atom. The van der Waals surface area contributed by atoms with E-state index in [-0.39, 0.29) is 18.8 Å². The summed E-state index contributed by atoms with van der Waals surface area (Å²) in [6, 6.07) is 0. The van der Waals surface area contributed by atoms with E-state index in [1.165, 1.54) is 0 Å². The molecule has 0 aliphatic carbocycles. The zero-order valence-electron chi connectivity index (χ0n) is 20.1. The summed E-state index contributed by atoms with van der Waals surface area (Å²) in [5.41, 5.74) is 0. The van der Waals surface area contributed by atoms with Gasteiger partial charge in [0.15, 0.2) is 39.6 Å². The first kappa shape index (κ1) is 26.7. The summed E-state index contributed by atoms with van der Waals surface area (Å²) in [5, 5.41) is 10.1. The first-order chi connectivity index (χ1) is 12.3. The maximum atomic E-state index is 10.1. The molecule has 1 heterocycles. The fourth-order valence-electron chi connectivity index (χ4n) is 3.13. The summed E-state index contributed by atoms with van der Waals surface area (Å²) >= 11 is 0. The molecule has 5 atom stereocenters. The molecule has 1 N–H and O–H groups in total. The van der Waals surface area contributed by atoms with E-state index in [0.717, 1.165) is 0 Å². The topological polar surface area (TPSA) is 66.4 Å². The van der Waals surface area contributed by atoms with Crippen molar-refractivity contribution in [2.24, 2.45) is 0 Å². The van der Waals surface area contributed by atoms with E-state index in [9.17, 15) is 5.11 Å². The van der Waals surface area contributed by atoms with E-state index in [4.69, 9.17) is 22.4 Å². The molecule has 1 rings (SSSR count). The van der Waals surface area contributed by atoms with Crippen molar-refractivity contribution in [1.82, 2.24) is 0 Å². The van der Waals surface area contributed by atoms with Crippen molar-refractivity contribution < 1.29 is 27.5 Å². The molecule has 0 radical (unpaired) electrons. The lowest BCUT2D eigenvalue weighted by atomic mass is 10.1. The van der Waals surface area contributed by atoms with Crippen LogP contribution in [0.15, 0.2) is 0 Å². The predicted molar refractivity (Wildman–Crippen MR) is 125 cm³/mol. The highest BCUT2D eigenvalue weighted by atomic mass is 28.4. The van der Waals surface area contributed by atoms with Crippen LogP contribution in [0.25, 0.3) is 0 Å². The van der Waals surface area contributed by atoms with Crippen LogP contribution in [0.1, 0.15) is 0 Å². The van der Waals surface area contributed by atoms with Crippen LogP contribution in [0.5, 0.6) is 0 Å². The summed E-state index contributed by atoms with van der Waals surface area (Å²) in [5.74, 6) is 0. The van der Waals surface area contributed by atoms with Gasteiger partial charge in [0.1, 0.15) is 18.3 Å². The predicted octanol–water partition coefficient (Wildman–Crippen LogP) is 4.22. The third kappa shape index (κ3) is 9.62. The van der Waals surface area contributed by atoms with Gasteiger partial charge in [-0.15, -0.1) is 0 Å². The molecule has 168 valence electrons. The maximum Gasteiger partial charge on any atom is 0.187 e. The Morgan fingerprint density at radius 2 is 1.11 bits per heavy atom. The van der Waals surface area contributed by atoms with Crippen LogP contribution < -0.4 is 0 Å². The Bertz CT molecular complexity index is 492. The third-order valence-electron chi connectivity index (χ3n) is 3.71. The van der Waals surface area contributed by atoms with Crippen molar-refractivity contribution in [1.29, 1.82) is 0 Å². The van der Waals surface area contributed by atoms with Crippen molar-refractivity contribution in [2.75, 3.05) is 6.61 Å². The highest BCUT2D eigenvalue weighted by Gasteiger charge is 2.53. The van der Waals surface area contributed by atoms with E-state index in [1.807, 2.05) is 0 Å². The molecule has 1 aliphatic heterocycles. The number of hydrogen-bond donors (Lipinski definition) is 1. The Labute approximate surface area is 176 Å². The molecule has 6 nitrogen and oxygen atoms in total. The minimum absolute atomic E-state index is 0.111. The van der Waals surface area contributed by atoms with Gasteiger partial charge in [0, 0.05) is 0 Å². The molecule has 1 unspecified atom stereocenters. The molecule has 0 spiro atoms. The summed E-state index contributed by atoms with van der Waals surface area (Å²) in [6.45, 7) is 25.7. The Morgan fingerprint density at radius 3 is 1.46 bits per heavy atom. The molecule has 0 bridgehead atoms. The van der Waals surface area contributed by atoms with Crippen LogP contribution in [0.2, 0.25) is 78.6 Å². The number of hydrogen-bond acceptors (Lipinski definition) is 6. The maximum absolute atomic E-state index is 10.1. The third-order valence-corrected chi connectivity index (χ3v) is 7.62. The minimum atomic E-state index is -1.90. The van der Waals surface area contributed by atoms with E-state index in [2.05, 4.69) is 78.6 Å². The van der Waals surface area contributed by atoms with E-state index in [0.29, 0.717) is 0 Å². The van der Waals surface area contributed by atoms with Gasteiger partial charge < -0.3 is 27.5 Å². The summed E-state index contributed by atoms with van der Waals surface area (Å²) < 4.78 is 32.2. The number of rotatable bonds is 10. The lowest BCUT2D eigenvalue weighted by Gasteiger charge is -2.37. The van der Waals surface area contributed by atoms with Crippen LogP contribution in [0.3, 0.4) is 0 Å². The summed E-state index contributed by atoms with van der Waals surface area (Å²) in [7, 11) is -7.54. The molecule has 0 amide bonds. The van der Waals surface area contributed by atoms with Crippen molar-refractivity contribution >= 4 is 33.3 Å². The highest BCUT2D eigenvalue weighted by molar-refractivity contribution is 6.71. The fourth-order valence-corrected chi connectivity index (χ4v) is 7.28. The van der Waals surface area contributed by atoms with Gasteiger partial charge in [-0.25, -0.2) is 0 Å². The van der Waals surface area contributed by atoms with Gasteiger partial charge in [-0.1, -0.05) is 0 Å². The molecule has 0 aromatic rings. The van der Waals surface area contributed by atoms with Crippen molar-refractivity contribution in [3.63, 3.8) is 0 Å². The lowest BCUT2D eigenvalue weighted by molar-refractivity contribution is -0.135. The smallest absolute Gasteiger partial charge is 0.187 e. The minimum Gasteiger partial charge on any atom is -0.410 e. The number of ether oxygens (including phenoxy) is 1. The SMILES string of the molecule is C[Si](C)(C)OC1O[C@@H]([C@@H](CO)O[Si](C)(C)C)[C@H](O[Si](C)(C)C)[C@H]1O[Si](C)(C)C. The molecule has 10 heteroatoms. The molecule has 0 aromatic carbocycles. The molecular formula is C18H44O6Si4. The lowest BCUT2D eigenvalue weighted by Crippen LogP contribution is -2.53. The first-order valence-corrected chi connectivity index (χ1v) is 23.9. The van der Waals surface area contributed by atoms with Crippen LogP contribution in [-0.4, -0.2) is 75.7 Å². The quantitative estimate of drug-likeness (QED) is 0.484. The second-order valence-electron chi connectivity index (χ2n) is 11.5. The van der Waals surface area contributed by atoms with Gasteiger partial charge in [0.05, 0.1) is 12.7 Å². The molecule has 0 aromatic heterocycles. The van der Waals surface area contributed by atoms with Crippen LogP contribution in [0, 0.1) is 0 Å². The Kier molecular flexibility index (Phi) is 8.96. The van der Waals surface area contributed by atoms with Gasteiger partial charge in [0.2, 0.25) is 0 Å². The monoisotopic (exact) mass is 468 g/mol. The van der Waals surface area contributed by atoms with Crippen molar-refractivity contribution in [3.8, 4) is 0 Å². The highest BCUT2D eigenvalue weighted by Crippen LogP contribution is 2.36. The van der Waals surface area contributed by atoms with Gasteiger partial charge in [-0.3, -0.25) is 0 Å². The van der Waals surface area contributed by atoms with Crippen LogP contribution >= 0.6 is 0 Å². The number of aliphatic hydroxyl groups excluding tert-OH is 1. The van der Waals surface area contributed by atoms with Gasteiger partial charge in [-0.05, 0) is 78.6 Å². The molecule has 1 saturated heterocycles. The average molecular weight is 469 g/mol. The largest absolute Gasteiger partial charge is 0.410 e. The zero-order chi connectivity index (χ0) is 22.1. The second-order valence-corrected chi connectivity index (χ2v) is 29.4. The molecule has 1 fully saturated rings. The molecular weight excluding hydrogens is 425 g/mol. The number of aliphatic hydroxyl groups is 1. The van der Waals surface area contributed by atoms with Crippen LogP contribution in [-0.2, 0) is 22.4 Å². The summed E-state index contributed by atoms with van der Waals surface area (Å²) in [4.78, 5) is 0. The molecule has 1 aliphatic rings. The first-order valence-electron chi connectivity index (χ1n) is 10.3. The second kappa shape index (κ2) is 9.41. The van der Waals surface area contributed by atoms with Gasteiger partial charge >= 0.3 is 0 Å². The normalized spacial score (nSPS) is 28.6. The molecule has 28 heavy (non-hydrogen) atoms. The van der Waals surface area contributed by atoms with Gasteiger partial charge in [0.25, 0.3) is 0 Å². The molecule has 0 saturated carbocycles. The van der Waals surface area contributed by atoms with E-state index in [1.54, 1.807) is 0 Å².